The fourth-order valence-corrected chi connectivity index (χ4v) is 2.72. The van der Waals surface area contributed by atoms with Gasteiger partial charge in [0.15, 0.2) is 11.7 Å². The van der Waals surface area contributed by atoms with Crippen molar-refractivity contribution in [1.29, 1.82) is 0 Å². The van der Waals surface area contributed by atoms with Crippen LogP contribution in [0.3, 0.4) is 0 Å². The molecule has 5 nitrogen and oxygen atoms in total. The molecule has 0 spiro atoms. The van der Waals surface area contributed by atoms with Crippen LogP contribution in [0.1, 0.15) is 23.2 Å². The normalized spacial score (nSPS) is 11.8. The first-order valence-electron chi connectivity index (χ1n) is 7.52. The average molecular weight is 520 g/mol. The van der Waals surface area contributed by atoms with E-state index in [1.165, 1.54) is 0 Å². The molecule has 26 heavy (non-hydrogen) atoms. The molecule has 11 heteroatoms. The highest BCUT2D eigenvalue weighted by molar-refractivity contribution is 14.0. The number of nitrogens with one attached hydrogen (secondary N) is 2. The molecule has 0 bridgehead atoms. The summed E-state index contributed by atoms with van der Waals surface area (Å²) < 4.78 is 37.6. The van der Waals surface area contributed by atoms with E-state index in [-0.39, 0.29) is 30.5 Å². The van der Waals surface area contributed by atoms with Crippen LogP contribution in [0.2, 0.25) is 5.15 Å². The van der Waals surface area contributed by atoms with Gasteiger partial charge in [-0.1, -0.05) is 17.7 Å². The number of halogens is 5. The largest absolute Gasteiger partial charge is 0.434 e. The molecule has 0 saturated heterocycles. The van der Waals surface area contributed by atoms with Crippen LogP contribution in [0, 0.1) is 0 Å². The standard InChI is InChI=1S/C15H17ClF3N5S.HI/c1-2-20-14(21-6-5-10-3-4-12(16)22-7-10)23-8-13-24-11(9-25-13)15(17,18)19;/h3-4,7,9H,2,5-6,8H2,1H3,(H2,20,21,23);1H. The average Bonchev–Trinajstić information content (AvgIpc) is 3.04. The quantitative estimate of drug-likeness (QED) is 0.261. The van der Waals surface area contributed by atoms with Crippen molar-refractivity contribution >= 4 is 52.9 Å². The minimum atomic E-state index is -4.42. The molecule has 2 aromatic heterocycles. The molecule has 0 amide bonds. The smallest absolute Gasteiger partial charge is 0.357 e. The van der Waals surface area contributed by atoms with E-state index in [9.17, 15) is 13.2 Å². The summed E-state index contributed by atoms with van der Waals surface area (Å²) in [6, 6.07) is 3.60. The maximum atomic E-state index is 12.5. The predicted molar refractivity (Wildman–Crippen MR) is 108 cm³/mol. The van der Waals surface area contributed by atoms with Crippen molar-refractivity contribution in [3.8, 4) is 0 Å². The van der Waals surface area contributed by atoms with Crippen molar-refractivity contribution in [2.24, 2.45) is 4.99 Å². The Morgan fingerprint density at radius 3 is 2.65 bits per heavy atom. The van der Waals surface area contributed by atoms with Crippen molar-refractivity contribution in [1.82, 2.24) is 20.6 Å². The number of aromatic nitrogens is 2. The lowest BCUT2D eigenvalue weighted by Gasteiger charge is -2.10. The summed E-state index contributed by atoms with van der Waals surface area (Å²) in [6.07, 6.45) is -2.01. The van der Waals surface area contributed by atoms with E-state index in [1.54, 1.807) is 12.3 Å². The first-order chi connectivity index (χ1) is 11.9. The molecule has 2 heterocycles. The fourth-order valence-electron chi connectivity index (χ4n) is 1.88. The van der Waals surface area contributed by atoms with Crippen LogP contribution < -0.4 is 10.6 Å². The number of thiazole rings is 1. The van der Waals surface area contributed by atoms with Crippen LogP contribution in [0.15, 0.2) is 28.7 Å². The molecule has 0 aliphatic heterocycles. The number of alkyl halides is 3. The van der Waals surface area contributed by atoms with Crippen molar-refractivity contribution in [2.45, 2.75) is 26.1 Å². The minimum absolute atomic E-state index is 0. The van der Waals surface area contributed by atoms with Gasteiger partial charge in [-0.3, -0.25) is 0 Å². The molecular formula is C15H18ClF3IN5S. The summed E-state index contributed by atoms with van der Waals surface area (Å²) in [5, 5.41) is 7.91. The van der Waals surface area contributed by atoms with Crippen LogP contribution in [0.4, 0.5) is 13.2 Å². The lowest BCUT2D eigenvalue weighted by molar-refractivity contribution is -0.140. The number of guanidine groups is 1. The molecule has 0 fully saturated rings. The van der Waals surface area contributed by atoms with Gasteiger partial charge in [0.05, 0.1) is 6.54 Å². The summed E-state index contributed by atoms with van der Waals surface area (Å²) in [6.45, 7) is 3.23. The minimum Gasteiger partial charge on any atom is -0.357 e. The zero-order valence-corrected chi connectivity index (χ0v) is 17.7. The van der Waals surface area contributed by atoms with E-state index in [2.05, 4.69) is 25.6 Å². The molecular weight excluding hydrogens is 502 g/mol. The molecule has 0 saturated carbocycles. The summed E-state index contributed by atoms with van der Waals surface area (Å²) in [5.41, 5.74) is 0.137. The Hall–Kier alpha value is -1.14. The highest BCUT2D eigenvalue weighted by Gasteiger charge is 2.33. The highest BCUT2D eigenvalue weighted by atomic mass is 127. The van der Waals surface area contributed by atoms with Gasteiger partial charge in [-0.05, 0) is 25.0 Å². The topological polar surface area (TPSA) is 62.2 Å². The first kappa shape index (κ1) is 22.9. The van der Waals surface area contributed by atoms with Gasteiger partial charge in [-0.2, -0.15) is 13.2 Å². The molecule has 0 aliphatic rings. The number of hydrogen-bond donors (Lipinski definition) is 2. The van der Waals surface area contributed by atoms with Gasteiger partial charge in [0.2, 0.25) is 0 Å². The lowest BCUT2D eigenvalue weighted by Crippen LogP contribution is -2.38. The fraction of sp³-hybridized carbons (Fsp3) is 0.400. The van der Waals surface area contributed by atoms with Crippen LogP contribution >= 0.6 is 46.9 Å². The van der Waals surface area contributed by atoms with Crippen molar-refractivity contribution in [2.75, 3.05) is 13.1 Å². The van der Waals surface area contributed by atoms with Gasteiger partial charge in [0, 0.05) is 24.7 Å². The van der Waals surface area contributed by atoms with Crippen molar-refractivity contribution in [3.05, 3.63) is 45.1 Å². The van der Waals surface area contributed by atoms with Gasteiger partial charge >= 0.3 is 6.18 Å². The molecule has 2 rings (SSSR count). The maximum absolute atomic E-state index is 12.5. The Kier molecular flexibility index (Phi) is 9.58. The molecule has 0 atom stereocenters. The second-order valence-electron chi connectivity index (χ2n) is 4.99. The second-order valence-corrected chi connectivity index (χ2v) is 6.32. The molecule has 0 aliphatic carbocycles. The molecule has 2 aromatic rings. The summed E-state index contributed by atoms with van der Waals surface area (Å²) in [5.74, 6) is 0.521. The third-order valence-corrected chi connectivity index (χ3v) is 4.11. The van der Waals surface area contributed by atoms with Gasteiger partial charge in [0.1, 0.15) is 10.2 Å². The van der Waals surface area contributed by atoms with E-state index in [0.29, 0.717) is 35.6 Å². The summed E-state index contributed by atoms with van der Waals surface area (Å²) in [7, 11) is 0. The Bertz CT molecular complexity index is 706. The molecule has 0 unspecified atom stereocenters. The Morgan fingerprint density at radius 2 is 2.08 bits per heavy atom. The van der Waals surface area contributed by atoms with Crippen LogP contribution in [0.25, 0.3) is 0 Å². The monoisotopic (exact) mass is 519 g/mol. The Labute approximate surface area is 175 Å². The third kappa shape index (κ3) is 7.62. The van der Waals surface area contributed by atoms with Gasteiger partial charge in [-0.15, -0.1) is 35.3 Å². The number of pyridine rings is 1. The van der Waals surface area contributed by atoms with Gasteiger partial charge < -0.3 is 10.6 Å². The molecule has 144 valence electrons. The Morgan fingerprint density at radius 1 is 1.31 bits per heavy atom. The van der Waals surface area contributed by atoms with Crippen molar-refractivity contribution in [3.63, 3.8) is 0 Å². The van der Waals surface area contributed by atoms with E-state index >= 15 is 0 Å². The molecule has 0 aromatic carbocycles. The summed E-state index contributed by atoms with van der Waals surface area (Å²) >= 11 is 6.68. The van der Waals surface area contributed by atoms with Crippen LogP contribution in [-0.4, -0.2) is 29.0 Å². The highest BCUT2D eigenvalue weighted by Crippen LogP contribution is 2.30. The third-order valence-electron chi connectivity index (χ3n) is 3.05. The van der Waals surface area contributed by atoms with Crippen LogP contribution in [0.5, 0.6) is 0 Å². The van der Waals surface area contributed by atoms with Gasteiger partial charge in [0.25, 0.3) is 0 Å². The first-order valence-corrected chi connectivity index (χ1v) is 8.78. The zero-order valence-electron chi connectivity index (χ0n) is 13.8. The number of aliphatic imine (C=N–C) groups is 1. The van der Waals surface area contributed by atoms with E-state index < -0.39 is 11.9 Å². The Balaban J connectivity index is 0.00000338. The summed E-state index contributed by atoms with van der Waals surface area (Å²) in [4.78, 5) is 11.8. The van der Waals surface area contributed by atoms with E-state index in [1.807, 2.05) is 13.0 Å². The van der Waals surface area contributed by atoms with E-state index in [0.717, 1.165) is 22.3 Å². The SMILES string of the molecule is CCNC(=NCc1nc(C(F)(F)F)cs1)NCCc1ccc(Cl)nc1.I. The molecule has 0 radical (unpaired) electrons. The number of rotatable bonds is 6. The zero-order chi connectivity index (χ0) is 18.3. The number of nitrogens with zero attached hydrogens (tertiary/aromatic N) is 3. The molecule has 2 N–H and O–H groups in total. The van der Waals surface area contributed by atoms with Crippen LogP contribution in [-0.2, 0) is 19.1 Å². The number of hydrogen-bond acceptors (Lipinski definition) is 4. The van der Waals surface area contributed by atoms with Crippen molar-refractivity contribution < 1.29 is 13.2 Å². The second kappa shape index (κ2) is 10.9. The predicted octanol–water partition coefficient (Wildman–Crippen LogP) is 4.13. The lowest BCUT2D eigenvalue weighted by atomic mass is 10.2. The van der Waals surface area contributed by atoms with E-state index in [4.69, 9.17) is 11.6 Å². The van der Waals surface area contributed by atoms with Gasteiger partial charge in [-0.25, -0.2) is 15.0 Å². The maximum Gasteiger partial charge on any atom is 0.434 e.